The van der Waals surface area contributed by atoms with E-state index >= 15 is 0 Å². The van der Waals surface area contributed by atoms with Crippen molar-refractivity contribution in [2.24, 2.45) is 5.73 Å². The second kappa shape index (κ2) is 4.94. The van der Waals surface area contributed by atoms with Crippen molar-refractivity contribution in [3.63, 3.8) is 0 Å². The first-order valence-electron chi connectivity index (χ1n) is 5.21. The molecule has 2 rings (SSSR count). The van der Waals surface area contributed by atoms with Gasteiger partial charge in [-0.2, -0.15) is 0 Å². The van der Waals surface area contributed by atoms with Crippen LogP contribution in [0.3, 0.4) is 0 Å². The minimum atomic E-state index is -0.499. The van der Waals surface area contributed by atoms with Crippen molar-refractivity contribution in [1.29, 1.82) is 0 Å². The van der Waals surface area contributed by atoms with Gasteiger partial charge in [-0.15, -0.1) is 0 Å². The number of aromatic nitrogens is 1. The summed E-state index contributed by atoms with van der Waals surface area (Å²) in [6.07, 6.45) is 3.38. The van der Waals surface area contributed by atoms with Gasteiger partial charge >= 0.3 is 0 Å². The highest BCUT2D eigenvalue weighted by Crippen LogP contribution is 2.27. The quantitative estimate of drug-likeness (QED) is 0.923. The van der Waals surface area contributed by atoms with E-state index in [4.69, 9.17) is 5.73 Å². The van der Waals surface area contributed by atoms with E-state index in [0.29, 0.717) is 10.0 Å². The highest BCUT2D eigenvalue weighted by molar-refractivity contribution is 9.10. The number of hydrogen-bond acceptors (Lipinski definition) is 2. The van der Waals surface area contributed by atoms with Crippen molar-refractivity contribution < 1.29 is 4.39 Å². The summed E-state index contributed by atoms with van der Waals surface area (Å²) in [6.45, 7) is 1.94. The van der Waals surface area contributed by atoms with E-state index in [-0.39, 0.29) is 5.82 Å². The summed E-state index contributed by atoms with van der Waals surface area (Å²) >= 11 is 3.16. The van der Waals surface area contributed by atoms with Crippen molar-refractivity contribution in [3.8, 4) is 0 Å². The first kappa shape index (κ1) is 12.2. The number of pyridine rings is 1. The third kappa shape index (κ3) is 2.37. The molecule has 0 bridgehead atoms. The van der Waals surface area contributed by atoms with Gasteiger partial charge in [0, 0.05) is 18.0 Å². The molecule has 4 heteroatoms. The molecule has 0 saturated carbocycles. The smallest absolute Gasteiger partial charge is 0.142 e. The fraction of sp³-hybridized carbons (Fsp3) is 0.154. The fourth-order valence-corrected chi connectivity index (χ4v) is 2.11. The van der Waals surface area contributed by atoms with Crippen molar-refractivity contribution in [2.45, 2.75) is 13.0 Å². The zero-order valence-electron chi connectivity index (χ0n) is 9.32. The summed E-state index contributed by atoms with van der Waals surface area (Å²) in [5, 5.41) is 0. The minimum absolute atomic E-state index is 0.316. The first-order valence-corrected chi connectivity index (χ1v) is 6.00. The van der Waals surface area contributed by atoms with Gasteiger partial charge in [0.05, 0.1) is 10.5 Å². The maximum atomic E-state index is 13.9. The molecule has 0 aliphatic rings. The normalized spacial score (nSPS) is 12.5. The third-order valence-electron chi connectivity index (χ3n) is 2.73. The van der Waals surface area contributed by atoms with Gasteiger partial charge in [0.25, 0.3) is 0 Å². The number of nitrogens with two attached hydrogens (primary N) is 1. The van der Waals surface area contributed by atoms with Crippen molar-refractivity contribution >= 4 is 15.9 Å². The Morgan fingerprint density at radius 2 is 2.06 bits per heavy atom. The van der Waals surface area contributed by atoms with Crippen LogP contribution in [-0.4, -0.2) is 4.98 Å². The van der Waals surface area contributed by atoms with Gasteiger partial charge in [-0.25, -0.2) is 4.39 Å². The van der Waals surface area contributed by atoms with Gasteiger partial charge in [-0.05, 0) is 46.1 Å². The van der Waals surface area contributed by atoms with Crippen LogP contribution in [0.5, 0.6) is 0 Å². The molecule has 1 aromatic heterocycles. The Bertz CT molecular complexity index is 543. The second-order valence-electron chi connectivity index (χ2n) is 3.85. The lowest BCUT2D eigenvalue weighted by Crippen LogP contribution is -2.15. The Kier molecular flexibility index (Phi) is 3.54. The molecular formula is C13H12BrFN2. The van der Waals surface area contributed by atoms with Gasteiger partial charge in [-0.1, -0.05) is 12.1 Å². The van der Waals surface area contributed by atoms with E-state index in [9.17, 15) is 4.39 Å². The van der Waals surface area contributed by atoms with Crippen LogP contribution < -0.4 is 5.73 Å². The largest absolute Gasteiger partial charge is 0.320 e. The Morgan fingerprint density at radius 1 is 1.29 bits per heavy atom. The van der Waals surface area contributed by atoms with Gasteiger partial charge in [-0.3, -0.25) is 4.98 Å². The molecule has 2 aromatic rings. The standard InChI is InChI=1S/C13H12BrFN2/c1-8-5-6-17-7-10(8)13(16)9-3-2-4-11(14)12(9)15/h2-7,13H,16H2,1H3. The Labute approximate surface area is 108 Å². The van der Waals surface area contributed by atoms with Crippen LogP contribution in [0.15, 0.2) is 41.1 Å². The monoisotopic (exact) mass is 294 g/mol. The lowest BCUT2D eigenvalue weighted by molar-refractivity contribution is 0.592. The molecule has 88 valence electrons. The Hall–Kier alpha value is -1.26. The zero-order chi connectivity index (χ0) is 12.4. The van der Waals surface area contributed by atoms with Crippen LogP contribution in [0.2, 0.25) is 0 Å². The molecule has 1 heterocycles. The van der Waals surface area contributed by atoms with E-state index in [2.05, 4.69) is 20.9 Å². The molecule has 1 atom stereocenters. The number of aryl methyl sites for hydroxylation is 1. The van der Waals surface area contributed by atoms with Crippen LogP contribution in [0, 0.1) is 12.7 Å². The molecule has 0 aliphatic carbocycles. The highest BCUT2D eigenvalue weighted by Gasteiger charge is 2.16. The van der Waals surface area contributed by atoms with E-state index in [1.54, 1.807) is 30.6 Å². The summed E-state index contributed by atoms with van der Waals surface area (Å²) in [6, 6.07) is 6.49. The summed E-state index contributed by atoms with van der Waals surface area (Å²) in [7, 11) is 0. The van der Waals surface area contributed by atoms with Crippen LogP contribution in [0.25, 0.3) is 0 Å². The van der Waals surface area contributed by atoms with Gasteiger partial charge in [0.1, 0.15) is 5.82 Å². The third-order valence-corrected chi connectivity index (χ3v) is 3.34. The molecule has 1 unspecified atom stereocenters. The molecule has 0 fully saturated rings. The maximum Gasteiger partial charge on any atom is 0.142 e. The number of nitrogens with zero attached hydrogens (tertiary/aromatic N) is 1. The van der Waals surface area contributed by atoms with Crippen LogP contribution in [-0.2, 0) is 0 Å². The molecule has 17 heavy (non-hydrogen) atoms. The molecule has 0 spiro atoms. The number of benzene rings is 1. The lowest BCUT2D eigenvalue weighted by Gasteiger charge is -2.15. The molecule has 0 radical (unpaired) electrons. The van der Waals surface area contributed by atoms with E-state index in [1.807, 2.05) is 13.0 Å². The molecular weight excluding hydrogens is 283 g/mol. The molecule has 2 N–H and O–H groups in total. The summed E-state index contributed by atoms with van der Waals surface area (Å²) < 4.78 is 14.3. The average molecular weight is 295 g/mol. The summed E-state index contributed by atoms with van der Waals surface area (Å²) in [4.78, 5) is 4.03. The molecule has 2 nitrogen and oxygen atoms in total. The zero-order valence-corrected chi connectivity index (χ0v) is 10.9. The van der Waals surface area contributed by atoms with E-state index in [0.717, 1.165) is 11.1 Å². The topological polar surface area (TPSA) is 38.9 Å². The fourth-order valence-electron chi connectivity index (χ4n) is 1.73. The van der Waals surface area contributed by atoms with Crippen molar-refractivity contribution in [1.82, 2.24) is 4.98 Å². The Morgan fingerprint density at radius 3 is 2.76 bits per heavy atom. The SMILES string of the molecule is Cc1ccncc1C(N)c1cccc(Br)c1F. The summed E-state index contributed by atoms with van der Waals surface area (Å²) in [5.74, 6) is -0.316. The van der Waals surface area contributed by atoms with E-state index < -0.39 is 6.04 Å². The predicted molar refractivity (Wildman–Crippen MR) is 69.1 cm³/mol. The highest BCUT2D eigenvalue weighted by atomic mass is 79.9. The lowest BCUT2D eigenvalue weighted by atomic mass is 9.97. The molecule has 0 aliphatic heterocycles. The number of halogens is 2. The van der Waals surface area contributed by atoms with E-state index in [1.165, 1.54) is 0 Å². The molecule has 0 amide bonds. The average Bonchev–Trinajstić information content (AvgIpc) is 2.32. The number of hydrogen-bond donors (Lipinski definition) is 1. The van der Waals surface area contributed by atoms with Crippen molar-refractivity contribution in [2.75, 3.05) is 0 Å². The Balaban J connectivity index is 2.48. The van der Waals surface area contributed by atoms with Crippen LogP contribution in [0.1, 0.15) is 22.7 Å². The molecule has 1 aromatic carbocycles. The van der Waals surface area contributed by atoms with Crippen LogP contribution >= 0.6 is 15.9 Å². The van der Waals surface area contributed by atoms with Gasteiger partial charge < -0.3 is 5.73 Å². The number of rotatable bonds is 2. The predicted octanol–water partition coefficient (Wildman–Crippen LogP) is 3.34. The van der Waals surface area contributed by atoms with Gasteiger partial charge in [0.15, 0.2) is 0 Å². The van der Waals surface area contributed by atoms with Gasteiger partial charge in [0.2, 0.25) is 0 Å². The minimum Gasteiger partial charge on any atom is -0.320 e. The second-order valence-corrected chi connectivity index (χ2v) is 4.71. The maximum absolute atomic E-state index is 13.9. The van der Waals surface area contributed by atoms with Crippen molar-refractivity contribution in [3.05, 3.63) is 63.6 Å². The van der Waals surface area contributed by atoms with Crippen LogP contribution in [0.4, 0.5) is 4.39 Å². The summed E-state index contributed by atoms with van der Waals surface area (Å²) in [5.41, 5.74) is 8.40. The molecule has 0 saturated heterocycles. The first-order chi connectivity index (χ1) is 8.11.